The van der Waals surface area contributed by atoms with Crippen LogP contribution in [-0.4, -0.2) is 0 Å². The Hall–Kier alpha value is -0.260. The Morgan fingerprint density at radius 1 is 1.11 bits per heavy atom. The van der Waals surface area contributed by atoms with E-state index in [-0.39, 0.29) is 0 Å². The maximum atomic E-state index is 2.39. The Balaban J connectivity index is 2.01. The molecule has 0 heteroatoms. The lowest BCUT2D eigenvalue weighted by Gasteiger charge is -2.36. The summed E-state index contributed by atoms with van der Waals surface area (Å²) in [7, 11) is 0. The van der Waals surface area contributed by atoms with Gasteiger partial charge in [-0.15, -0.1) is 0 Å². The third-order valence-corrected chi connectivity index (χ3v) is 2.82. The van der Waals surface area contributed by atoms with Crippen LogP contribution in [0.15, 0.2) is 12.2 Å². The lowest BCUT2D eigenvalue weighted by molar-refractivity contribution is 0.241. The van der Waals surface area contributed by atoms with Crippen molar-refractivity contribution in [3.05, 3.63) is 12.2 Å². The van der Waals surface area contributed by atoms with Crippen molar-refractivity contribution in [2.75, 3.05) is 0 Å². The largest absolute Gasteiger partial charge is 0.0845 e. The maximum absolute atomic E-state index is 2.39. The number of rotatable bonds is 0. The van der Waals surface area contributed by atoms with Crippen LogP contribution in [0.1, 0.15) is 26.2 Å². The lowest BCUT2D eigenvalue weighted by Crippen LogP contribution is -2.26. The summed E-state index contributed by atoms with van der Waals surface area (Å²) < 4.78 is 0. The molecule has 0 radical (unpaired) electrons. The molecule has 0 aliphatic heterocycles. The second kappa shape index (κ2) is 1.86. The molecule has 0 spiro atoms. The van der Waals surface area contributed by atoms with Crippen molar-refractivity contribution in [3.63, 3.8) is 0 Å². The van der Waals surface area contributed by atoms with Crippen LogP contribution in [0, 0.1) is 17.8 Å². The molecule has 0 bridgehead atoms. The summed E-state index contributed by atoms with van der Waals surface area (Å²) in [6.45, 7) is 2.38. The van der Waals surface area contributed by atoms with Crippen LogP contribution < -0.4 is 0 Å². The van der Waals surface area contributed by atoms with Crippen LogP contribution >= 0.6 is 0 Å². The van der Waals surface area contributed by atoms with Gasteiger partial charge in [0.2, 0.25) is 0 Å². The molecule has 0 heterocycles. The van der Waals surface area contributed by atoms with Crippen molar-refractivity contribution in [2.45, 2.75) is 26.2 Å². The number of allylic oxidation sites excluding steroid dienone is 2. The number of hydrogen-bond donors (Lipinski definition) is 0. The Morgan fingerprint density at radius 3 is 2.33 bits per heavy atom. The average Bonchev–Trinajstić information content (AvgIpc) is 1.78. The highest BCUT2D eigenvalue weighted by atomic mass is 14.3. The van der Waals surface area contributed by atoms with Gasteiger partial charge in [0, 0.05) is 0 Å². The first kappa shape index (κ1) is 5.52. The van der Waals surface area contributed by atoms with E-state index in [4.69, 9.17) is 0 Å². The molecule has 0 saturated heterocycles. The zero-order valence-electron chi connectivity index (χ0n) is 6.01. The smallest absolute Gasteiger partial charge is 0.0168 e. The van der Waals surface area contributed by atoms with Gasteiger partial charge < -0.3 is 0 Å². The Bertz CT molecular complexity index is 135. The molecule has 0 nitrogen and oxygen atoms in total. The molecule has 0 amide bonds. The summed E-state index contributed by atoms with van der Waals surface area (Å²) in [5.41, 5.74) is 0. The molecule has 2 rings (SSSR count). The fourth-order valence-electron chi connectivity index (χ4n) is 2.05. The van der Waals surface area contributed by atoms with Gasteiger partial charge in [-0.3, -0.25) is 0 Å². The molecule has 50 valence electrons. The fraction of sp³-hybridized carbons (Fsp3) is 0.778. The summed E-state index contributed by atoms with van der Waals surface area (Å²) in [5, 5.41) is 0. The monoisotopic (exact) mass is 122 g/mol. The number of fused-ring (bicyclic) bond motifs is 1. The van der Waals surface area contributed by atoms with Crippen molar-refractivity contribution in [3.8, 4) is 0 Å². The van der Waals surface area contributed by atoms with Crippen molar-refractivity contribution >= 4 is 0 Å². The van der Waals surface area contributed by atoms with Gasteiger partial charge in [0.1, 0.15) is 0 Å². The molecule has 9 heavy (non-hydrogen) atoms. The molecule has 0 aromatic heterocycles. The lowest BCUT2D eigenvalue weighted by atomic mass is 9.69. The Labute approximate surface area is 57.0 Å². The van der Waals surface area contributed by atoms with E-state index in [0.717, 1.165) is 17.8 Å². The zero-order chi connectivity index (χ0) is 6.27. The summed E-state index contributed by atoms with van der Waals surface area (Å²) in [6.07, 6.45) is 9.16. The Kier molecular flexibility index (Phi) is 1.14. The summed E-state index contributed by atoms with van der Waals surface area (Å²) in [4.78, 5) is 0. The summed E-state index contributed by atoms with van der Waals surface area (Å²) >= 11 is 0. The molecule has 0 aromatic rings. The quantitative estimate of drug-likeness (QED) is 0.433. The van der Waals surface area contributed by atoms with Crippen LogP contribution in [0.5, 0.6) is 0 Å². The highest BCUT2D eigenvalue weighted by Gasteiger charge is 2.29. The van der Waals surface area contributed by atoms with Gasteiger partial charge in [0.05, 0.1) is 0 Å². The fourth-order valence-corrected chi connectivity index (χ4v) is 2.05. The minimum atomic E-state index is 0.980. The predicted octanol–water partition coefficient (Wildman–Crippen LogP) is 2.61. The zero-order valence-corrected chi connectivity index (χ0v) is 6.01. The molecule has 0 aromatic carbocycles. The van der Waals surface area contributed by atoms with Crippen LogP contribution in [0.25, 0.3) is 0 Å². The first-order valence-electron chi connectivity index (χ1n) is 4.04. The van der Waals surface area contributed by atoms with Crippen molar-refractivity contribution in [1.29, 1.82) is 0 Å². The molecule has 0 N–H and O–H groups in total. The highest BCUT2D eigenvalue weighted by molar-refractivity contribution is 5.10. The average molecular weight is 122 g/mol. The predicted molar refractivity (Wildman–Crippen MR) is 39.1 cm³/mol. The van der Waals surface area contributed by atoms with Crippen molar-refractivity contribution in [2.24, 2.45) is 17.8 Å². The van der Waals surface area contributed by atoms with Gasteiger partial charge in [-0.1, -0.05) is 25.5 Å². The SMILES string of the molecule is CC1CCC2C=C[C@H]2C1. The van der Waals surface area contributed by atoms with Gasteiger partial charge in [-0.2, -0.15) is 0 Å². The van der Waals surface area contributed by atoms with Gasteiger partial charge in [0.25, 0.3) is 0 Å². The van der Waals surface area contributed by atoms with Gasteiger partial charge in [-0.05, 0) is 30.6 Å². The molecule has 2 aliphatic rings. The first-order chi connectivity index (χ1) is 4.36. The second-order valence-corrected chi connectivity index (χ2v) is 3.63. The second-order valence-electron chi connectivity index (χ2n) is 3.63. The van der Waals surface area contributed by atoms with E-state index in [2.05, 4.69) is 19.1 Å². The van der Waals surface area contributed by atoms with Gasteiger partial charge >= 0.3 is 0 Å². The third kappa shape index (κ3) is 0.810. The van der Waals surface area contributed by atoms with E-state index in [9.17, 15) is 0 Å². The molecule has 3 atom stereocenters. The van der Waals surface area contributed by atoms with Gasteiger partial charge in [0.15, 0.2) is 0 Å². The molecule has 1 saturated carbocycles. The molecular weight excluding hydrogens is 108 g/mol. The van der Waals surface area contributed by atoms with Crippen molar-refractivity contribution in [1.82, 2.24) is 0 Å². The normalized spacial score (nSPS) is 47.9. The van der Waals surface area contributed by atoms with Crippen molar-refractivity contribution < 1.29 is 0 Å². The van der Waals surface area contributed by atoms with E-state index in [1.54, 1.807) is 0 Å². The minimum absolute atomic E-state index is 0.980. The first-order valence-corrected chi connectivity index (χ1v) is 4.04. The molecule has 2 aliphatic carbocycles. The maximum Gasteiger partial charge on any atom is -0.0168 e. The Morgan fingerprint density at radius 2 is 1.89 bits per heavy atom. The van der Waals surface area contributed by atoms with E-state index < -0.39 is 0 Å². The summed E-state index contributed by atoms with van der Waals surface area (Å²) in [5.74, 6) is 2.96. The van der Waals surface area contributed by atoms with E-state index in [1.807, 2.05) is 0 Å². The third-order valence-electron chi connectivity index (χ3n) is 2.82. The van der Waals surface area contributed by atoms with Crippen LogP contribution in [0.4, 0.5) is 0 Å². The minimum Gasteiger partial charge on any atom is -0.0845 e. The standard InChI is InChI=1S/C9H14/c1-7-2-3-8-4-5-9(8)6-7/h4-5,7-9H,2-3,6H2,1H3/t7?,8?,9-/m0/s1. The molecule has 1 fully saturated rings. The topological polar surface area (TPSA) is 0 Å². The number of hydrogen-bond acceptors (Lipinski definition) is 0. The van der Waals surface area contributed by atoms with E-state index >= 15 is 0 Å². The molecule has 2 unspecified atom stereocenters. The van der Waals surface area contributed by atoms with Crippen LogP contribution in [0.2, 0.25) is 0 Å². The molecular formula is C9H14. The summed E-state index contributed by atoms with van der Waals surface area (Å²) in [6, 6.07) is 0. The van der Waals surface area contributed by atoms with Gasteiger partial charge in [-0.25, -0.2) is 0 Å². The van der Waals surface area contributed by atoms with Crippen LogP contribution in [-0.2, 0) is 0 Å². The van der Waals surface area contributed by atoms with E-state index in [0.29, 0.717) is 0 Å². The van der Waals surface area contributed by atoms with Crippen LogP contribution in [0.3, 0.4) is 0 Å². The van der Waals surface area contributed by atoms with E-state index in [1.165, 1.54) is 19.3 Å². The highest BCUT2D eigenvalue weighted by Crippen LogP contribution is 2.40.